The van der Waals surface area contributed by atoms with Gasteiger partial charge in [0.15, 0.2) is 0 Å². The minimum atomic E-state index is -0.584. The van der Waals surface area contributed by atoms with Crippen LogP contribution in [0.15, 0.2) is 24.3 Å². The largest absolute Gasteiger partial charge is 0.465 e. The lowest BCUT2D eigenvalue weighted by molar-refractivity contribution is -0.131. The van der Waals surface area contributed by atoms with Crippen molar-refractivity contribution in [1.29, 1.82) is 0 Å². The molecule has 0 bridgehead atoms. The first-order valence-electron chi connectivity index (χ1n) is 7.92. The van der Waals surface area contributed by atoms with E-state index < -0.39 is 29.9 Å². The summed E-state index contributed by atoms with van der Waals surface area (Å²) in [6.07, 6.45) is 0.525. The predicted octanol–water partition coefficient (Wildman–Crippen LogP) is 1.38. The van der Waals surface area contributed by atoms with Crippen molar-refractivity contribution in [2.75, 3.05) is 19.0 Å². The van der Waals surface area contributed by atoms with E-state index in [0.29, 0.717) is 17.7 Å². The van der Waals surface area contributed by atoms with Gasteiger partial charge in [-0.3, -0.25) is 14.5 Å². The van der Waals surface area contributed by atoms with Crippen LogP contribution in [-0.2, 0) is 14.3 Å². The first-order valence-corrected chi connectivity index (χ1v) is 7.92. The van der Waals surface area contributed by atoms with Crippen molar-refractivity contribution in [1.82, 2.24) is 10.2 Å². The molecule has 1 aliphatic heterocycles. The number of methoxy groups -OCH3 is 1. The highest BCUT2D eigenvalue weighted by atomic mass is 16.5. The molecule has 25 heavy (non-hydrogen) atoms. The molecule has 134 valence electrons. The van der Waals surface area contributed by atoms with Crippen molar-refractivity contribution >= 4 is 29.5 Å². The fraction of sp³-hybridized carbons (Fsp3) is 0.412. The summed E-state index contributed by atoms with van der Waals surface area (Å²) in [5, 5.41) is 5.17. The average Bonchev–Trinajstić information content (AvgIpc) is 2.81. The van der Waals surface area contributed by atoms with Crippen LogP contribution in [0, 0.1) is 5.92 Å². The number of hydrogen-bond donors (Lipinski definition) is 2. The molecule has 1 fully saturated rings. The lowest BCUT2D eigenvalue weighted by Gasteiger charge is -2.14. The van der Waals surface area contributed by atoms with Gasteiger partial charge in [0.2, 0.25) is 5.91 Å². The summed E-state index contributed by atoms with van der Waals surface area (Å²) in [6, 6.07) is 4.95. The Morgan fingerprint density at radius 2 is 1.88 bits per heavy atom. The minimum absolute atomic E-state index is 0.247. The number of anilines is 1. The van der Waals surface area contributed by atoms with E-state index in [1.54, 1.807) is 0 Å². The van der Waals surface area contributed by atoms with Gasteiger partial charge in [0.05, 0.1) is 12.7 Å². The van der Waals surface area contributed by atoms with Crippen molar-refractivity contribution < 1.29 is 23.9 Å². The Morgan fingerprint density at radius 3 is 2.44 bits per heavy atom. The molecular weight excluding hydrogens is 326 g/mol. The number of urea groups is 1. The molecule has 1 aromatic carbocycles. The molecule has 8 nitrogen and oxygen atoms in total. The van der Waals surface area contributed by atoms with Crippen LogP contribution >= 0.6 is 0 Å². The second-order valence-electron chi connectivity index (χ2n) is 6.17. The van der Waals surface area contributed by atoms with Gasteiger partial charge in [-0.25, -0.2) is 9.59 Å². The summed E-state index contributed by atoms with van der Waals surface area (Å²) in [6.45, 7) is 3.54. The summed E-state index contributed by atoms with van der Waals surface area (Å²) in [5.74, 6) is -1.13. The van der Waals surface area contributed by atoms with Gasteiger partial charge in [-0.2, -0.15) is 0 Å². The maximum atomic E-state index is 12.2. The normalized spacial score (nSPS) is 16.8. The zero-order chi connectivity index (χ0) is 18.6. The molecule has 1 aliphatic rings. The molecule has 2 rings (SSSR count). The van der Waals surface area contributed by atoms with Crippen molar-refractivity contribution in [3.05, 3.63) is 29.8 Å². The van der Waals surface area contributed by atoms with E-state index in [1.807, 2.05) is 13.8 Å². The van der Waals surface area contributed by atoms with E-state index in [-0.39, 0.29) is 12.5 Å². The monoisotopic (exact) mass is 347 g/mol. The molecule has 0 spiro atoms. The van der Waals surface area contributed by atoms with Crippen LogP contribution in [0.1, 0.15) is 30.6 Å². The zero-order valence-corrected chi connectivity index (χ0v) is 14.4. The summed E-state index contributed by atoms with van der Waals surface area (Å²) in [5.41, 5.74) is 0.801. The summed E-state index contributed by atoms with van der Waals surface area (Å²) < 4.78 is 4.59. The SMILES string of the molecule is COC(=O)c1ccc(NC(=O)CN2C(=O)NC(CC(C)C)C2=O)cc1. The fourth-order valence-corrected chi connectivity index (χ4v) is 2.51. The molecule has 0 aliphatic carbocycles. The van der Waals surface area contributed by atoms with Crippen LogP contribution in [0.3, 0.4) is 0 Å². The quantitative estimate of drug-likeness (QED) is 0.597. The van der Waals surface area contributed by atoms with Crippen LogP contribution < -0.4 is 10.6 Å². The maximum Gasteiger partial charge on any atom is 0.337 e. The van der Waals surface area contributed by atoms with Crippen molar-refractivity contribution in [2.24, 2.45) is 5.92 Å². The van der Waals surface area contributed by atoms with E-state index in [9.17, 15) is 19.2 Å². The highest BCUT2D eigenvalue weighted by molar-refractivity contribution is 6.07. The van der Waals surface area contributed by atoms with Gasteiger partial charge in [0, 0.05) is 5.69 Å². The summed E-state index contributed by atoms with van der Waals surface area (Å²) >= 11 is 0. The molecule has 1 saturated heterocycles. The third-order valence-electron chi connectivity index (χ3n) is 3.71. The average molecular weight is 347 g/mol. The number of nitrogens with one attached hydrogen (secondary N) is 2. The maximum absolute atomic E-state index is 12.2. The summed E-state index contributed by atoms with van der Waals surface area (Å²) in [7, 11) is 1.28. The van der Waals surface area contributed by atoms with Crippen LogP contribution in [0.25, 0.3) is 0 Å². The Hall–Kier alpha value is -2.90. The lowest BCUT2D eigenvalue weighted by atomic mass is 10.0. The second-order valence-corrected chi connectivity index (χ2v) is 6.17. The first-order chi connectivity index (χ1) is 11.8. The Balaban J connectivity index is 1.95. The highest BCUT2D eigenvalue weighted by Crippen LogP contribution is 2.15. The number of nitrogens with zero attached hydrogens (tertiary/aromatic N) is 1. The molecular formula is C17H21N3O5. The third-order valence-corrected chi connectivity index (χ3v) is 3.71. The van der Waals surface area contributed by atoms with E-state index >= 15 is 0 Å². The number of amides is 4. The molecule has 2 N–H and O–H groups in total. The van der Waals surface area contributed by atoms with Crippen molar-refractivity contribution in [3.63, 3.8) is 0 Å². The molecule has 0 aromatic heterocycles. The number of carbonyl (C=O) groups excluding carboxylic acids is 4. The van der Waals surface area contributed by atoms with Crippen molar-refractivity contribution in [2.45, 2.75) is 26.3 Å². The fourth-order valence-electron chi connectivity index (χ4n) is 2.51. The molecule has 4 amide bonds. The molecule has 1 heterocycles. The number of esters is 1. The number of imide groups is 1. The number of rotatable bonds is 6. The molecule has 0 radical (unpaired) electrons. The Labute approximate surface area is 145 Å². The molecule has 8 heteroatoms. The Morgan fingerprint density at radius 1 is 1.24 bits per heavy atom. The highest BCUT2D eigenvalue weighted by Gasteiger charge is 2.38. The Kier molecular flexibility index (Phi) is 5.74. The minimum Gasteiger partial charge on any atom is -0.465 e. The van der Waals surface area contributed by atoms with Crippen LogP contribution in [-0.4, -0.2) is 48.4 Å². The summed E-state index contributed by atoms with van der Waals surface area (Å²) in [4.78, 5) is 48.4. The van der Waals surface area contributed by atoms with Gasteiger partial charge in [-0.15, -0.1) is 0 Å². The van der Waals surface area contributed by atoms with Gasteiger partial charge in [-0.05, 0) is 36.6 Å². The first kappa shape index (κ1) is 18.4. The Bertz CT molecular complexity index is 684. The molecule has 1 unspecified atom stereocenters. The number of carbonyl (C=O) groups is 4. The van der Waals surface area contributed by atoms with Gasteiger partial charge in [0.25, 0.3) is 5.91 Å². The standard InChI is InChI=1S/C17H21N3O5/c1-10(2)8-13-15(22)20(17(24)19-13)9-14(21)18-12-6-4-11(5-7-12)16(23)25-3/h4-7,10,13H,8-9H2,1-3H3,(H,18,21)(H,19,24). The number of benzene rings is 1. The topological polar surface area (TPSA) is 105 Å². The van der Waals surface area contributed by atoms with E-state index in [1.165, 1.54) is 31.4 Å². The zero-order valence-electron chi connectivity index (χ0n) is 14.4. The molecule has 1 atom stereocenters. The predicted molar refractivity (Wildman–Crippen MR) is 89.9 cm³/mol. The smallest absolute Gasteiger partial charge is 0.337 e. The van der Waals surface area contributed by atoms with Gasteiger partial charge in [-0.1, -0.05) is 13.8 Å². The second kappa shape index (κ2) is 7.78. The van der Waals surface area contributed by atoms with Crippen LogP contribution in [0.5, 0.6) is 0 Å². The van der Waals surface area contributed by atoms with Crippen LogP contribution in [0.2, 0.25) is 0 Å². The van der Waals surface area contributed by atoms with Gasteiger partial charge < -0.3 is 15.4 Å². The number of ether oxygens (including phenoxy) is 1. The van der Waals surface area contributed by atoms with E-state index in [0.717, 1.165) is 4.90 Å². The lowest BCUT2D eigenvalue weighted by Crippen LogP contribution is -2.38. The number of hydrogen-bond acceptors (Lipinski definition) is 5. The van der Waals surface area contributed by atoms with E-state index in [4.69, 9.17) is 0 Å². The molecule has 0 saturated carbocycles. The van der Waals surface area contributed by atoms with Gasteiger partial charge >= 0.3 is 12.0 Å². The van der Waals surface area contributed by atoms with Crippen LogP contribution in [0.4, 0.5) is 10.5 Å². The van der Waals surface area contributed by atoms with Gasteiger partial charge in [0.1, 0.15) is 12.6 Å². The van der Waals surface area contributed by atoms with Crippen molar-refractivity contribution in [3.8, 4) is 0 Å². The third kappa shape index (κ3) is 4.56. The molecule has 1 aromatic rings. The van der Waals surface area contributed by atoms with E-state index in [2.05, 4.69) is 15.4 Å².